The van der Waals surface area contributed by atoms with Gasteiger partial charge in [-0.05, 0) is 57.1 Å². The van der Waals surface area contributed by atoms with Crippen molar-refractivity contribution >= 4 is 23.4 Å². The number of hydrogen-bond acceptors (Lipinski definition) is 2. The summed E-state index contributed by atoms with van der Waals surface area (Å²) >= 11 is 7.64. The summed E-state index contributed by atoms with van der Waals surface area (Å²) in [7, 11) is 0. The van der Waals surface area contributed by atoms with Gasteiger partial charge < -0.3 is 0 Å². The van der Waals surface area contributed by atoms with Gasteiger partial charge in [-0.15, -0.1) is 23.4 Å². The zero-order chi connectivity index (χ0) is 15.0. The number of benzene rings is 1. The number of rotatable bonds is 8. The zero-order valence-electron chi connectivity index (χ0n) is 12.4. The molecule has 1 atom stereocenters. The smallest absolute Gasteiger partial charge is 0.108 e. The predicted octanol–water partition coefficient (Wildman–Crippen LogP) is 5.95. The topological polar surface area (TPSA) is 23.8 Å². The monoisotopic (exact) mass is 319 g/mol. The maximum absolute atomic E-state index is 9.72. The molecule has 0 radical (unpaired) electrons. The molecule has 1 aliphatic carbocycles. The van der Waals surface area contributed by atoms with Gasteiger partial charge in [-0.25, -0.2) is 0 Å². The maximum atomic E-state index is 9.72. The largest absolute Gasteiger partial charge is 0.197 e. The van der Waals surface area contributed by atoms with Crippen LogP contribution in [0.4, 0.5) is 0 Å². The molecule has 1 unspecified atom stereocenters. The van der Waals surface area contributed by atoms with Gasteiger partial charge in [0.05, 0.1) is 6.07 Å². The molecule has 0 saturated carbocycles. The molecule has 21 heavy (non-hydrogen) atoms. The van der Waals surface area contributed by atoms with Gasteiger partial charge in [0.15, 0.2) is 0 Å². The van der Waals surface area contributed by atoms with Crippen molar-refractivity contribution in [2.75, 3.05) is 5.88 Å². The molecule has 0 N–H and O–H groups in total. The minimum atomic E-state index is -0.387. The standard InChI is InChI=1S/C18H22ClNS/c19-14-13-18(15-20,21-17-10-2-1-3-11-17)12-6-9-16-7-4-5-8-16/h1-3,7,10-11H,4-6,8-9,12-14H2. The van der Waals surface area contributed by atoms with E-state index in [1.165, 1.54) is 19.3 Å². The Morgan fingerprint density at radius 3 is 2.67 bits per heavy atom. The molecule has 0 heterocycles. The summed E-state index contributed by atoms with van der Waals surface area (Å²) in [6.45, 7) is 0. The highest BCUT2D eigenvalue weighted by Crippen LogP contribution is 2.40. The molecule has 1 aromatic carbocycles. The van der Waals surface area contributed by atoms with E-state index < -0.39 is 0 Å². The number of allylic oxidation sites excluding steroid dienone is 2. The van der Waals surface area contributed by atoms with E-state index in [1.54, 1.807) is 17.3 Å². The molecule has 0 bridgehead atoms. The summed E-state index contributed by atoms with van der Waals surface area (Å²) in [4.78, 5) is 1.16. The van der Waals surface area contributed by atoms with Crippen LogP contribution in [0.15, 0.2) is 46.9 Å². The summed E-state index contributed by atoms with van der Waals surface area (Å²) in [5, 5.41) is 9.72. The first kappa shape index (κ1) is 16.5. The second-order valence-corrected chi connectivity index (χ2v) is 7.40. The lowest BCUT2D eigenvalue weighted by Gasteiger charge is -2.25. The van der Waals surface area contributed by atoms with Gasteiger partial charge in [-0.3, -0.25) is 0 Å². The van der Waals surface area contributed by atoms with Crippen LogP contribution in [0.3, 0.4) is 0 Å². The van der Waals surface area contributed by atoms with Crippen LogP contribution in [0.1, 0.15) is 44.9 Å². The Labute approximate surface area is 137 Å². The lowest BCUT2D eigenvalue weighted by atomic mass is 9.97. The van der Waals surface area contributed by atoms with Crippen molar-refractivity contribution in [1.29, 1.82) is 5.26 Å². The molecule has 112 valence electrons. The normalized spacial score (nSPS) is 17.0. The van der Waals surface area contributed by atoms with E-state index in [2.05, 4.69) is 24.3 Å². The van der Waals surface area contributed by atoms with E-state index in [0.717, 1.165) is 30.6 Å². The first-order chi connectivity index (χ1) is 10.3. The van der Waals surface area contributed by atoms with Crippen LogP contribution in [0.5, 0.6) is 0 Å². The Bertz CT molecular complexity index is 506. The average Bonchev–Trinajstić information content (AvgIpc) is 3.02. The number of thioether (sulfide) groups is 1. The molecule has 2 rings (SSSR count). The van der Waals surface area contributed by atoms with Gasteiger partial charge in [0.1, 0.15) is 4.75 Å². The Hall–Kier alpha value is -0.910. The van der Waals surface area contributed by atoms with Gasteiger partial charge in [0.2, 0.25) is 0 Å². The summed E-state index contributed by atoms with van der Waals surface area (Å²) in [6.07, 6.45) is 10.0. The number of alkyl halides is 1. The summed E-state index contributed by atoms with van der Waals surface area (Å²) in [5.74, 6) is 0.538. The van der Waals surface area contributed by atoms with E-state index >= 15 is 0 Å². The van der Waals surface area contributed by atoms with Crippen molar-refractivity contribution < 1.29 is 0 Å². The van der Waals surface area contributed by atoms with E-state index in [4.69, 9.17) is 11.6 Å². The van der Waals surface area contributed by atoms with Crippen LogP contribution >= 0.6 is 23.4 Å². The highest BCUT2D eigenvalue weighted by atomic mass is 35.5. The van der Waals surface area contributed by atoms with Gasteiger partial charge in [-0.1, -0.05) is 29.8 Å². The first-order valence-electron chi connectivity index (χ1n) is 7.67. The van der Waals surface area contributed by atoms with E-state index in [-0.39, 0.29) is 4.75 Å². The van der Waals surface area contributed by atoms with E-state index in [1.807, 2.05) is 18.2 Å². The molecule has 0 saturated heterocycles. The third-order valence-corrected chi connectivity index (χ3v) is 5.56. The van der Waals surface area contributed by atoms with Crippen molar-refractivity contribution in [3.05, 3.63) is 42.0 Å². The summed E-state index contributed by atoms with van der Waals surface area (Å²) in [5.41, 5.74) is 1.58. The number of hydrogen-bond donors (Lipinski definition) is 0. The maximum Gasteiger partial charge on any atom is 0.108 e. The fourth-order valence-electron chi connectivity index (χ4n) is 2.79. The molecule has 0 aliphatic heterocycles. The summed E-state index contributed by atoms with van der Waals surface area (Å²) in [6, 6.07) is 12.7. The third-order valence-electron chi connectivity index (χ3n) is 3.97. The van der Waals surface area contributed by atoms with Gasteiger partial charge in [0, 0.05) is 10.8 Å². The third kappa shape index (κ3) is 5.09. The average molecular weight is 320 g/mol. The molecular formula is C18H22ClNS. The van der Waals surface area contributed by atoms with Crippen molar-refractivity contribution in [2.45, 2.75) is 54.6 Å². The Kier molecular flexibility index (Phi) is 6.67. The fourth-order valence-corrected chi connectivity index (χ4v) is 4.47. The summed E-state index contributed by atoms with van der Waals surface area (Å²) < 4.78 is -0.387. The van der Waals surface area contributed by atoms with Crippen LogP contribution in [-0.4, -0.2) is 10.6 Å². The van der Waals surface area contributed by atoms with E-state index in [0.29, 0.717) is 5.88 Å². The Balaban J connectivity index is 1.96. The predicted molar refractivity (Wildman–Crippen MR) is 91.8 cm³/mol. The number of nitrogens with zero attached hydrogens (tertiary/aromatic N) is 1. The lowest BCUT2D eigenvalue weighted by molar-refractivity contribution is 0.596. The Morgan fingerprint density at radius 1 is 1.24 bits per heavy atom. The van der Waals surface area contributed by atoms with Crippen molar-refractivity contribution in [2.24, 2.45) is 0 Å². The molecule has 1 nitrogen and oxygen atoms in total. The molecule has 0 spiro atoms. The SMILES string of the molecule is N#CC(CCCl)(CCCC1=CCCC1)Sc1ccccc1. The van der Waals surface area contributed by atoms with Crippen molar-refractivity contribution in [3.63, 3.8) is 0 Å². The second-order valence-electron chi connectivity index (χ2n) is 5.57. The van der Waals surface area contributed by atoms with Crippen molar-refractivity contribution in [3.8, 4) is 6.07 Å². The van der Waals surface area contributed by atoms with Crippen LogP contribution in [0.2, 0.25) is 0 Å². The molecule has 3 heteroatoms. The minimum Gasteiger partial charge on any atom is -0.197 e. The Morgan fingerprint density at radius 2 is 2.05 bits per heavy atom. The van der Waals surface area contributed by atoms with Gasteiger partial charge in [-0.2, -0.15) is 5.26 Å². The van der Waals surface area contributed by atoms with Crippen LogP contribution in [0, 0.1) is 11.3 Å². The first-order valence-corrected chi connectivity index (χ1v) is 9.02. The van der Waals surface area contributed by atoms with Gasteiger partial charge >= 0.3 is 0 Å². The molecular weight excluding hydrogens is 298 g/mol. The number of halogens is 1. The van der Waals surface area contributed by atoms with Crippen LogP contribution in [0.25, 0.3) is 0 Å². The van der Waals surface area contributed by atoms with E-state index in [9.17, 15) is 5.26 Å². The fraction of sp³-hybridized carbons (Fsp3) is 0.500. The number of nitriles is 1. The second kappa shape index (κ2) is 8.51. The van der Waals surface area contributed by atoms with Crippen molar-refractivity contribution in [1.82, 2.24) is 0 Å². The molecule has 1 aliphatic rings. The minimum absolute atomic E-state index is 0.387. The van der Waals surface area contributed by atoms with Gasteiger partial charge in [0.25, 0.3) is 0 Å². The lowest BCUT2D eigenvalue weighted by Crippen LogP contribution is -2.23. The molecule has 0 aromatic heterocycles. The quantitative estimate of drug-likeness (QED) is 0.336. The van der Waals surface area contributed by atoms with Crippen LogP contribution in [-0.2, 0) is 0 Å². The molecule has 1 aromatic rings. The zero-order valence-corrected chi connectivity index (χ0v) is 13.9. The highest BCUT2D eigenvalue weighted by Gasteiger charge is 2.30. The highest BCUT2D eigenvalue weighted by molar-refractivity contribution is 8.01. The molecule has 0 amide bonds. The molecule has 0 fully saturated rings. The van der Waals surface area contributed by atoms with Crippen LogP contribution < -0.4 is 0 Å².